The van der Waals surface area contributed by atoms with E-state index in [1.165, 1.54) is 0 Å². The molecule has 0 saturated carbocycles. The van der Waals surface area contributed by atoms with E-state index in [-0.39, 0.29) is 0 Å². The summed E-state index contributed by atoms with van der Waals surface area (Å²) in [5.74, 6) is -9.19. The largest absolute Gasteiger partial charge is 0.419 e. The number of alkyl halides is 3. The average Bonchev–Trinajstić information content (AvgIpc) is 2.09. The molecule has 1 aromatic rings. The second kappa shape index (κ2) is 3.39. The summed E-state index contributed by atoms with van der Waals surface area (Å²) in [6.07, 6.45) is -5.27. The van der Waals surface area contributed by atoms with Crippen LogP contribution in [0.2, 0.25) is 0 Å². The van der Waals surface area contributed by atoms with Crippen LogP contribution in [0.25, 0.3) is 0 Å². The predicted molar refractivity (Wildman–Crippen MR) is 36.0 cm³/mol. The van der Waals surface area contributed by atoms with Gasteiger partial charge in [-0.3, -0.25) is 0 Å². The van der Waals surface area contributed by atoms with Crippen LogP contribution in [-0.2, 0) is 6.18 Å². The molecule has 0 nitrogen and oxygen atoms in total. The molecule has 0 unspecified atom stereocenters. The molecule has 84 valence electrons. The number of rotatable bonds is 0. The van der Waals surface area contributed by atoms with Gasteiger partial charge in [0, 0.05) is 5.56 Å². The Morgan fingerprint density at radius 1 is 0.733 bits per heavy atom. The molecule has 0 saturated heterocycles. The Morgan fingerprint density at radius 3 is 1.53 bits per heavy atom. The fourth-order valence-electron chi connectivity index (χ4n) is 1.08. The first-order valence-electron chi connectivity index (χ1n) is 3.57. The van der Waals surface area contributed by atoms with Crippen molar-refractivity contribution in [2.24, 2.45) is 0 Å². The molecule has 0 spiro atoms. The van der Waals surface area contributed by atoms with Gasteiger partial charge in [0.15, 0.2) is 23.3 Å². The molecule has 7 heteroatoms. The van der Waals surface area contributed by atoms with Gasteiger partial charge in [0.1, 0.15) is 5.56 Å². The number of benzene rings is 1. The minimum Gasteiger partial charge on any atom is -0.203 e. The van der Waals surface area contributed by atoms with Gasteiger partial charge in [0.25, 0.3) is 0 Å². The first-order chi connectivity index (χ1) is 6.68. The molecular formula is C8H3F7. The summed E-state index contributed by atoms with van der Waals surface area (Å²) in [7, 11) is 0. The lowest BCUT2D eigenvalue weighted by atomic mass is 10.1. The van der Waals surface area contributed by atoms with Crippen molar-refractivity contribution in [1.29, 1.82) is 0 Å². The van der Waals surface area contributed by atoms with Crippen LogP contribution in [-0.4, -0.2) is 0 Å². The maximum atomic E-state index is 12.7. The SMILES string of the molecule is Cc1c(F)c(F)c(F)c(F)c1C(F)(F)F. The minimum absolute atomic E-state index is 0.518. The summed E-state index contributed by atoms with van der Waals surface area (Å²) < 4.78 is 86.6. The van der Waals surface area contributed by atoms with E-state index in [4.69, 9.17) is 0 Å². The van der Waals surface area contributed by atoms with Crippen LogP contribution in [0.15, 0.2) is 0 Å². The summed E-state index contributed by atoms with van der Waals surface area (Å²) in [4.78, 5) is 0. The second-order valence-electron chi connectivity index (χ2n) is 2.75. The molecule has 0 bridgehead atoms. The number of hydrogen-bond acceptors (Lipinski definition) is 0. The zero-order chi connectivity index (χ0) is 12.0. The van der Waals surface area contributed by atoms with Crippen molar-refractivity contribution < 1.29 is 30.7 Å². The number of hydrogen-bond donors (Lipinski definition) is 0. The summed E-state index contributed by atoms with van der Waals surface area (Å²) in [5, 5.41) is 0. The predicted octanol–water partition coefficient (Wildman–Crippen LogP) is 3.57. The molecule has 0 aliphatic carbocycles. The highest BCUT2D eigenvalue weighted by molar-refractivity contribution is 5.33. The second-order valence-corrected chi connectivity index (χ2v) is 2.75. The van der Waals surface area contributed by atoms with Gasteiger partial charge < -0.3 is 0 Å². The van der Waals surface area contributed by atoms with E-state index in [0.29, 0.717) is 6.92 Å². The Kier molecular flexibility index (Phi) is 2.67. The highest BCUT2D eigenvalue weighted by atomic mass is 19.4. The zero-order valence-electron chi connectivity index (χ0n) is 7.15. The van der Waals surface area contributed by atoms with Gasteiger partial charge in [-0.1, -0.05) is 0 Å². The van der Waals surface area contributed by atoms with Gasteiger partial charge in [-0.05, 0) is 6.92 Å². The molecule has 0 atom stereocenters. The molecule has 0 radical (unpaired) electrons. The third-order valence-electron chi connectivity index (χ3n) is 1.79. The van der Waals surface area contributed by atoms with E-state index in [2.05, 4.69) is 0 Å². The van der Waals surface area contributed by atoms with Crippen molar-refractivity contribution in [2.45, 2.75) is 13.1 Å². The Labute approximate surface area is 79.3 Å². The molecule has 1 rings (SSSR count). The highest BCUT2D eigenvalue weighted by Crippen LogP contribution is 2.36. The van der Waals surface area contributed by atoms with Crippen LogP contribution in [0.1, 0.15) is 11.1 Å². The van der Waals surface area contributed by atoms with E-state index < -0.39 is 40.6 Å². The third kappa shape index (κ3) is 1.78. The quantitative estimate of drug-likeness (QED) is 0.364. The van der Waals surface area contributed by atoms with Crippen molar-refractivity contribution >= 4 is 0 Å². The van der Waals surface area contributed by atoms with Crippen molar-refractivity contribution in [3.8, 4) is 0 Å². The van der Waals surface area contributed by atoms with Gasteiger partial charge in [-0.25, -0.2) is 17.6 Å². The Morgan fingerprint density at radius 2 is 1.13 bits per heavy atom. The standard InChI is InChI=1S/C8H3F7/c1-2-3(8(13,14)15)5(10)7(12)6(11)4(2)9/h1H3. The van der Waals surface area contributed by atoms with Crippen molar-refractivity contribution in [3.05, 3.63) is 34.4 Å². The molecule has 0 amide bonds. The van der Waals surface area contributed by atoms with Gasteiger partial charge >= 0.3 is 6.18 Å². The maximum Gasteiger partial charge on any atom is 0.419 e. The fraction of sp³-hybridized carbons (Fsp3) is 0.250. The van der Waals surface area contributed by atoms with Crippen LogP contribution >= 0.6 is 0 Å². The molecule has 0 aromatic heterocycles. The molecular weight excluding hydrogens is 229 g/mol. The van der Waals surface area contributed by atoms with Crippen molar-refractivity contribution in [2.75, 3.05) is 0 Å². The first kappa shape index (κ1) is 11.8. The summed E-state index contributed by atoms with van der Waals surface area (Å²) >= 11 is 0. The summed E-state index contributed by atoms with van der Waals surface area (Å²) in [6, 6.07) is 0. The van der Waals surface area contributed by atoms with E-state index >= 15 is 0 Å². The smallest absolute Gasteiger partial charge is 0.203 e. The normalized spacial score (nSPS) is 12.0. The lowest BCUT2D eigenvalue weighted by Gasteiger charge is -2.12. The van der Waals surface area contributed by atoms with Crippen LogP contribution in [0.4, 0.5) is 30.7 Å². The van der Waals surface area contributed by atoms with E-state index in [1.54, 1.807) is 0 Å². The Bertz CT molecular complexity index is 375. The monoisotopic (exact) mass is 232 g/mol. The third-order valence-corrected chi connectivity index (χ3v) is 1.79. The van der Waals surface area contributed by atoms with E-state index in [1.807, 2.05) is 0 Å². The molecule has 0 N–H and O–H groups in total. The first-order valence-corrected chi connectivity index (χ1v) is 3.57. The van der Waals surface area contributed by atoms with E-state index in [9.17, 15) is 30.7 Å². The molecule has 15 heavy (non-hydrogen) atoms. The van der Waals surface area contributed by atoms with Gasteiger partial charge in [-0.15, -0.1) is 0 Å². The minimum atomic E-state index is -5.27. The lowest BCUT2D eigenvalue weighted by Crippen LogP contribution is -2.15. The van der Waals surface area contributed by atoms with E-state index in [0.717, 1.165) is 0 Å². The Balaban J connectivity index is 3.68. The van der Waals surface area contributed by atoms with Crippen LogP contribution < -0.4 is 0 Å². The Hall–Kier alpha value is -1.27. The average molecular weight is 232 g/mol. The summed E-state index contributed by atoms with van der Waals surface area (Å²) in [5.41, 5.74) is -3.43. The highest BCUT2D eigenvalue weighted by Gasteiger charge is 2.40. The van der Waals surface area contributed by atoms with Gasteiger partial charge in [0.2, 0.25) is 0 Å². The molecule has 0 aliphatic rings. The number of halogens is 7. The van der Waals surface area contributed by atoms with Crippen molar-refractivity contribution in [3.63, 3.8) is 0 Å². The molecule has 1 aromatic carbocycles. The van der Waals surface area contributed by atoms with Crippen LogP contribution in [0, 0.1) is 30.2 Å². The molecule has 0 fully saturated rings. The maximum absolute atomic E-state index is 12.7. The van der Waals surface area contributed by atoms with Crippen molar-refractivity contribution in [1.82, 2.24) is 0 Å². The fourth-order valence-corrected chi connectivity index (χ4v) is 1.08. The molecule has 0 aliphatic heterocycles. The summed E-state index contributed by atoms with van der Waals surface area (Å²) in [6.45, 7) is 0.518. The topological polar surface area (TPSA) is 0 Å². The van der Waals surface area contributed by atoms with Gasteiger partial charge in [-0.2, -0.15) is 13.2 Å². The van der Waals surface area contributed by atoms with Crippen LogP contribution in [0.3, 0.4) is 0 Å². The van der Waals surface area contributed by atoms with Crippen LogP contribution in [0.5, 0.6) is 0 Å². The lowest BCUT2D eigenvalue weighted by molar-refractivity contribution is -0.141. The zero-order valence-corrected chi connectivity index (χ0v) is 7.15. The molecule has 0 heterocycles. The van der Waals surface area contributed by atoms with Gasteiger partial charge in [0.05, 0.1) is 0 Å².